The van der Waals surface area contributed by atoms with E-state index in [4.69, 9.17) is 0 Å². The number of anilines is 1. The van der Waals surface area contributed by atoms with E-state index in [9.17, 15) is 4.39 Å². The van der Waals surface area contributed by atoms with E-state index in [0.29, 0.717) is 0 Å². The Kier molecular flexibility index (Phi) is 4.20. The van der Waals surface area contributed by atoms with E-state index in [0.717, 1.165) is 38.3 Å². The highest BCUT2D eigenvalue weighted by atomic mass is 19.1. The first-order valence-corrected chi connectivity index (χ1v) is 7.61. The average Bonchev–Trinajstić information content (AvgIpc) is 2.51. The Morgan fingerprint density at radius 1 is 1.00 bits per heavy atom. The average molecular weight is 285 g/mol. The summed E-state index contributed by atoms with van der Waals surface area (Å²) in [7, 11) is 0. The Morgan fingerprint density at radius 2 is 1.67 bits per heavy atom. The number of hydrogen-bond acceptors (Lipinski definition) is 1. The number of rotatable bonds is 3. The van der Waals surface area contributed by atoms with E-state index in [1.807, 2.05) is 12.1 Å². The molecule has 0 saturated carbocycles. The van der Waals surface area contributed by atoms with Gasteiger partial charge in [-0.15, -0.1) is 0 Å². The molecule has 0 spiro atoms. The summed E-state index contributed by atoms with van der Waals surface area (Å²) in [6.45, 7) is 7.08. The number of aryl methyl sites for hydroxylation is 1. The predicted octanol–water partition coefficient (Wildman–Crippen LogP) is 2.04. The van der Waals surface area contributed by atoms with Crippen LogP contribution in [0.2, 0.25) is 0 Å². The molecule has 1 saturated heterocycles. The molecule has 1 aliphatic rings. The highest BCUT2D eigenvalue weighted by Crippen LogP contribution is 2.14. The van der Waals surface area contributed by atoms with Crippen LogP contribution in [0.1, 0.15) is 11.1 Å². The van der Waals surface area contributed by atoms with Gasteiger partial charge in [-0.05, 0) is 25.1 Å². The predicted molar refractivity (Wildman–Crippen MR) is 84.2 cm³/mol. The molecule has 0 aromatic heterocycles. The second-order valence-electron chi connectivity index (χ2n) is 5.84. The van der Waals surface area contributed by atoms with Crippen molar-refractivity contribution in [3.05, 3.63) is 65.5 Å². The molecule has 1 N–H and O–H groups in total. The summed E-state index contributed by atoms with van der Waals surface area (Å²) >= 11 is 0. The van der Waals surface area contributed by atoms with Crippen LogP contribution in [0.25, 0.3) is 0 Å². The molecule has 1 aliphatic heterocycles. The molecule has 3 rings (SSSR count). The van der Waals surface area contributed by atoms with Gasteiger partial charge in [0.2, 0.25) is 0 Å². The minimum absolute atomic E-state index is 0.0778. The van der Waals surface area contributed by atoms with Crippen LogP contribution in [0.5, 0.6) is 0 Å². The summed E-state index contributed by atoms with van der Waals surface area (Å²) in [4.78, 5) is 3.88. The third kappa shape index (κ3) is 3.42. The summed E-state index contributed by atoms with van der Waals surface area (Å²) in [5.74, 6) is -0.0778. The second-order valence-corrected chi connectivity index (χ2v) is 5.84. The van der Waals surface area contributed by atoms with Crippen molar-refractivity contribution in [3.8, 4) is 0 Å². The van der Waals surface area contributed by atoms with Crippen molar-refractivity contribution in [1.82, 2.24) is 0 Å². The molecule has 0 radical (unpaired) electrons. The van der Waals surface area contributed by atoms with E-state index in [-0.39, 0.29) is 5.82 Å². The lowest BCUT2D eigenvalue weighted by molar-refractivity contribution is -0.914. The molecule has 0 aliphatic carbocycles. The van der Waals surface area contributed by atoms with Gasteiger partial charge in [0.25, 0.3) is 0 Å². The highest BCUT2D eigenvalue weighted by molar-refractivity contribution is 5.47. The highest BCUT2D eigenvalue weighted by Gasteiger charge is 2.21. The molecule has 21 heavy (non-hydrogen) atoms. The summed E-state index contributed by atoms with van der Waals surface area (Å²) in [6, 6.07) is 15.8. The molecule has 0 atom stereocenters. The lowest BCUT2D eigenvalue weighted by Gasteiger charge is -2.33. The van der Waals surface area contributed by atoms with Gasteiger partial charge in [0.15, 0.2) is 0 Å². The Balaban J connectivity index is 1.58. The SMILES string of the molecule is Cc1ccc(N2CC[NH+](Cc3ccccc3F)CC2)cc1. The van der Waals surface area contributed by atoms with E-state index < -0.39 is 0 Å². The van der Waals surface area contributed by atoms with Gasteiger partial charge >= 0.3 is 0 Å². The Morgan fingerprint density at radius 3 is 2.33 bits per heavy atom. The number of nitrogens with one attached hydrogen (secondary N) is 1. The fraction of sp³-hybridized carbons (Fsp3) is 0.333. The van der Waals surface area contributed by atoms with Crippen molar-refractivity contribution in [2.75, 3.05) is 31.1 Å². The molecule has 3 heteroatoms. The molecule has 0 bridgehead atoms. The van der Waals surface area contributed by atoms with Crippen LogP contribution >= 0.6 is 0 Å². The Hall–Kier alpha value is -1.87. The summed E-state index contributed by atoms with van der Waals surface area (Å²) in [6.07, 6.45) is 0. The first kappa shape index (κ1) is 14.1. The third-order valence-electron chi connectivity index (χ3n) is 4.27. The van der Waals surface area contributed by atoms with Crippen molar-refractivity contribution in [2.45, 2.75) is 13.5 Å². The smallest absolute Gasteiger partial charge is 0.132 e. The van der Waals surface area contributed by atoms with Gasteiger partial charge in [-0.1, -0.05) is 35.9 Å². The Bertz CT molecular complexity index is 586. The van der Waals surface area contributed by atoms with Gasteiger partial charge in [0.05, 0.1) is 26.2 Å². The number of halogens is 1. The maximum Gasteiger partial charge on any atom is 0.132 e. The summed E-state index contributed by atoms with van der Waals surface area (Å²) in [5, 5.41) is 0. The van der Waals surface area contributed by atoms with Gasteiger partial charge in [-0.2, -0.15) is 0 Å². The quantitative estimate of drug-likeness (QED) is 0.907. The lowest BCUT2D eigenvalue weighted by Crippen LogP contribution is -3.13. The van der Waals surface area contributed by atoms with Gasteiger partial charge in [0, 0.05) is 11.3 Å². The fourth-order valence-electron chi connectivity index (χ4n) is 2.92. The molecular formula is C18H22FN2+. The van der Waals surface area contributed by atoms with Crippen LogP contribution in [-0.2, 0) is 6.54 Å². The number of nitrogens with zero attached hydrogens (tertiary/aromatic N) is 1. The van der Waals surface area contributed by atoms with Gasteiger partial charge in [-0.25, -0.2) is 4.39 Å². The number of hydrogen-bond donors (Lipinski definition) is 1. The normalized spacial score (nSPS) is 16.2. The van der Waals surface area contributed by atoms with Crippen molar-refractivity contribution < 1.29 is 9.29 Å². The van der Waals surface area contributed by atoms with Gasteiger partial charge in [0.1, 0.15) is 12.4 Å². The van der Waals surface area contributed by atoms with Gasteiger partial charge in [-0.3, -0.25) is 0 Å². The monoisotopic (exact) mass is 285 g/mol. The van der Waals surface area contributed by atoms with E-state index in [2.05, 4.69) is 36.1 Å². The third-order valence-corrected chi connectivity index (χ3v) is 4.27. The maximum atomic E-state index is 13.7. The minimum Gasteiger partial charge on any atom is -0.360 e. The maximum absolute atomic E-state index is 13.7. The molecule has 2 nitrogen and oxygen atoms in total. The Labute approximate surface area is 125 Å². The molecular weight excluding hydrogens is 263 g/mol. The van der Waals surface area contributed by atoms with Crippen LogP contribution in [0.3, 0.4) is 0 Å². The lowest BCUT2D eigenvalue weighted by atomic mass is 10.1. The van der Waals surface area contributed by atoms with Crippen LogP contribution in [0.4, 0.5) is 10.1 Å². The van der Waals surface area contributed by atoms with E-state index in [1.165, 1.54) is 16.2 Å². The van der Waals surface area contributed by atoms with Crippen LogP contribution in [0, 0.1) is 12.7 Å². The van der Waals surface area contributed by atoms with Crippen molar-refractivity contribution >= 4 is 5.69 Å². The molecule has 0 amide bonds. The summed E-state index contributed by atoms with van der Waals surface area (Å²) in [5.41, 5.74) is 3.42. The van der Waals surface area contributed by atoms with E-state index in [1.54, 1.807) is 12.1 Å². The standard InChI is InChI=1S/C18H21FN2/c1-15-6-8-17(9-7-15)21-12-10-20(11-13-21)14-16-4-2-3-5-18(16)19/h2-9H,10-14H2,1H3/p+1. The zero-order valence-corrected chi connectivity index (χ0v) is 12.5. The number of benzene rings is 2. The van der Waals surface area contributed by atoms with Crippen LogP contribution in [0.15, 0.2) is 48.5 Å². The first-order chi connectivity index (χ1) is 10.2. The minimum atomic E-state index is -0.0778. The molecule has 2 aromatic carbocycles. The number of quaternary nitrogens is 1. The van der Waals surface area contributed by atoms with Gasteiger partial charge < -0.3 is 9.80 Å². The molecule has 110 valence electrons. The zero-order valence-electron chi connectivity index (χ0n) is 12.5. The zero-order chi connectivity index (χ0) is 14.7. The van der Waals surface area contributed by atoms with Crippen molar-refractivity contribution in [3.63, 3.8) is 0 Å². The largest absolute Gasteiger partial charge is 0.360 e. The molecule has 1 heterocycles. The molecule has 2 aromatic rings. The number of piperazine rings is 1. The van der Waals surface area contributed by atoms with E-state index >= 15 is 0 Å². The topological polar surface area (TPSA) is 7.68 Å². The molecule has 0 unspecified atom stereocenters. The van der Waals surface area contributed by atoms with Crippen molar-refractivity contribution in [2.24, 2.45) is 0 Å². The van der Waals surface area contributed by atoms with Crippen molar-refractivity contribution in [1.29, 1.82) is 0 Å². The first-order valence-electron chi connectivity index (χ1n) is 7.61. The second kappa shape index (κ2) is 6.27. The summed E-state index contributed by atoms with van der Waals surface area (Å²) < 4.78 is 13.7. The van der Waals surface area contributed by atoms with Crippen LogP contribution < -0.4 is 9.80 Å². The molecule has 1 fully saturated rings. The fourth-order valence-corrected chi connectivity index (χ4v) is 2.92. The van der Waals surface area contributed by atoms with Crippen LogP contribution in [-0.4, -0.2) is 26.2 Å².